The van der Waals surface area contributed by atoms with E-state index in [1.165, 1.54) is 17.0 Å². The molecule has 5 heteroatoms. The Hall–Kier alpha value is -2.04. The molecule has 0 aliphatic carbocycles. The van der Waals surface area contributed by atoms with Gasteiger partial charge in [-0.1, -0.05) is 12.1 Å². The number of phenols is 1. The van der Waals surface area contributed by atoms with Gasteiger partial charge >= 0.3 is 5.97 Å². The van der Waals surface area contributed by atoms with Crippen LogP contribution in [-0.2, 0) is 4.79 Å². The molecule has 0 radical (unpaired) electrons. The number of para-hydroxylation sites is 1. The molecule has 1 aromatic rings. The van der Waals surface area contributed by atoms with Gasteiger partial charge in [0.2, 0.25) is 0 Å². The van der Waals surface area contributed by atoms with E-state index in [9.17, 15) is 14.7 Å². The van der Waals surface area contributed by atoms with Crippen molar-refractivity contribution in [3.05, 3.63) is 29.8 Å². The highest BCUT2D eigenvalue weighted by molar-refractivity contribution is 5.98. The van der Waals surface area contributed by atoms with Crippen molar-refractivity contribution >= 4 is 11.9 Å². The van der Waals surface area contributed by atoms with E-state index in [1.54, 1.807) is 12.1 Å². The van der Waals surface area contributed by atoms with E-state index in [-0.39, 0.29) is 30.3 Å². The van der Waals surface area contributed by atoms with Crippen molar-refractivity contribution in [3.8, 4) is 5.75 Å². The number of carboxylic acids is 1. The maximum absolute atomic E-state index is 11.8. The van der Waals surface area contributed by atoms with E-state index in [0.717, 1.165) is 0 Å². The third kappa shape index (κ3) is 1.71. The average molecular weight is 221 g/mol. The molecule has 0 spiro atoms. The van der Waals surface area contributed by atoms with Gasteiger partial charge in [0.15, 0.2) is 0 Å². The fraction of sp³-hybridized carbons (Fsp3) is 0.273. The van der Waals surface area contributed by atoms with Gasteiger partial charge in [0.25, 0.3) is 5.91 Å². The lowest BCUT2D eigenvalue weighted by atomic mass is 9.99. The Morgan fingerprint density at radius 1 is 1.25 bits per heavy atom. The van der Waals surface area contributed by atoms with Gasteiger partial charge in [-0.2, -0.15) is 0 Å². The van der Waals surface area contributed by atoms with Crippen molar-refractivity contribution in [2.24, 2.45) is 5.92 Å². The molecule has 1 heterocycles. The highest BCUT2D eigenvalue weighted by atomic mass is 16.4. The van der Waals surface area contributed by atoms with E-state index in [0.29, 0.717) is 0 Å². The largest absolute Gasteiger partial charge is 0.507 e. The van der Waals surface area contributed by atoms with Crippen molar-refractivity contribution in [3.63, 3.8) is 0 Å². The molecule has 2 N–H and O–H groups in total. The van der Waals surface area contributed by atoms with Crippen LogP contribution in [0.15, 0.2) is 24.3 Å². The Bertz CT molecular complexity index is 437. The van der Waals surface area contributed by atoms with Crippen LogP contribution in [0.25, 0.3) is 0 Å². The molecule has 1 aliphatic heterocycles. The SMILES string of the molecule is O=C(O)C1CN(C(=O)c2ccccc2O)C1. The number of amides is 1. The number of rotatable bonds is 2. The van der Waals surface area contributed by atoms with Gasteiger partial charge in [0, 0.05) is 13.1 Å². The van der Waals surface area contributed by atoms with Crippen molar-refractivity contribution in [2.45, 2.75) is 0 Å². The Morgan fingerprint density at radius 2 is 1.88 bits per heavy atom. The first kappa shape index (κ1) is 10.5. The number of likely N-dealkylation sites (tertiary alicyclic amines) is 1. The number of benzene rings is 1. The van der Waals surface area contributed by atoms with Gasteiger partial charge in [-0.15, -0.1) is 0 Å². The lowest BCUT2D eigenvalue weighted by Crippen LogP contribution is -2.53. The van der Waals surface area contributed by atoms with Gasteiger partial charge in [0.1, 0.15) is 5.75 Å². The van der Waals surface area contributed by atoms with E-state index in [2.05, 4.69) is 0 Å². The van der Waals surface area contributed by atoms with Crippen LogP contribution in [0.4, 0.5) is 0 Å². The standard InChI is InChI=1S/C11H11NO4/c13-9-4-2-1-3-8(9)10(14)12-5-7(6-12)11(15)16/h1-4,7,13H,5-6H2,(H,15,16). The molecule has 84 valence electrons. The zero-order chi connectivity index (χ0) is 11.7. The number of aliphatic carboxylic acids is 1. The number of nitrogens with zero attached hydrogens (tertiary/aromatic N) is 1. The first-order valence-corrected chi connectivity index (χ1v) is 4.89. The third-order valence-electron chi connectivity index (χ3n) is 2.65. The van der Waals surface area contributed by atoms with Crippen LogP contribution in [0, 0.1) is 5.92 Å². The summed E-state index contributed by atoms with van der Waals surface area (Å²) in [6.07, 6.45) is 0. The van der Waals surface area contributed by atoms with E-state index < -0.39 is 11.9 Å². The lowest BCUT2D eigenvalue weighted by Gasteiger charge is -2.36. The van der Waals surface area contributed by atoms with Crippen LogP contribution in [-0.4, -0.2) is 40.1 Å². The molecular formula is C11H11NO4. The lowest BCUT2D eigenvalue weighted by molar-refractivity contribution is -0.146. The topological polar surface area (TPSA) is 77.8 Å². The number of carbonyl (C=O) groups is 2. The van der Waals surface area contributed by atoms with Crippen molar-refractivity contribution in [1.82, 2.24) is 4.90 Å². The molecule has 0 bridgehead atoms. The number of hydrogen-bond donors (Lipinski definition) is 2. The van der Waals surface area contributed by atoms with E-state index >= 15 is 0 Å². The molecule has 0 aromatic heterocycles. The van der Waals surface area contributed by atoms with E-state index in [4.69, 9.17) is 5.11 Å². The van der Waals surface area contributed by atoms with Crippen LogP contribution in [0.2, 0.25) is 0 Å². The normalized spacial score (nSPS) is 15.6. The molecule has 1 saturated heterocycles. The summed E-state index contributed by atoms with van der Waals surface area (Å²) in [5, 5.41) is 18.1. The monoisotopic (exact) mass is 221 g/mol. The van der Waals surface area contributed by atoms with Gasteiger partial charge in [-0.05, 0) is 12.1 Å². The number of carboxylic acid groups (broad SMARTS) is 1. The predicted molar refractivity (Wildman–Crippen MR) is 55.1 cm³/mol. The number of carbonyl (C=O) groups excluding carboxylic acids is 1. The smallest absolute Gasteiger partial charge is 0.310 e. The van der Waals surface area contributed by atoms with Gasteiger partial charge in [-0.25, -0.2) is 0 Å². The second-order valence-corrected chi connectivity index (χ2v) is 3.76. The predicted octanol–water partition coefficient (Wildman–Crippen LogP) is 0.549. The molecule has 1 fully saturated rings. The molecule has 0 saturated carbocycles. The third-order valence-corrected chi connectivity index (χ3v) is 2.65. The molecule has 1 amide bonds. The highest BCUT2D eigenvalue weighted by Crippen LogP contribution is 2.23. The molecular weight excluding hydrogens is 210 g/mol. The summed E-state index contributed by atoms with van der Waals surface area (Å²) in [4.78, 5) is 23.8. The van der Waals surface area contributed by atoms with Crippen LogP contribution in [0.5, 0.6) is 5.75 Å². The average Bonchev–Trinajstić information content (AvgIpc) is 2.15. The number of aromatic hydroxyl groups is 1. The van der Waals surface area contributed by atoms with Gasteiger partial charge < -0.3 is 15.1 Å². The molecule has 1 aliphatic rings. The second kappa shape index (κ2) is 3.84. The van der Waals surface area contributed by atoms with Crippen molar-refractivity contribution in [1.29, 1.82) is 0 Å². The summed E-state index contributed by atoms with van der Waals surface area (Å²) in [6, 6.07) is 6.23. The molecule has 16 heavy (non-hydrogen) atoms. The minimum absolute atomic E-state index is 0.0775. The maximum Gasteiger partial charge on any atom is 0.310 e. The van der Waals surface area contributed by atoms with Crippen LogP contribution < -0.4 is 0 Å². The fourth-order valence-electron chi connectivity index (χ4n) is 1.63. The zero-order valence-corrected chi connectivity index (χ0v) is 8.46. The highest BCUT2D eigenvalue weighted by Gasteiger charge is 2.36. The summed E-state index contributed by atoms with van der Waals surface area (Å²) in [5.74, 6) is -1.77. The van der Waals surface area contributed by atoms with Gasteiger partial charge in [-0.3, -0.25) is 9.59 Å². The first-order valence-electron chi connectivity index (χ1n) is 4.89. The number of hydrogen-bond acceptors (Lipinski definition) is 3. The Morgan fingerprint density at radius 3 is 2.44 bits per heavy atom. The van der Waals surface area contributed by atoms with E-state index in [1.807, 2.05) is 0 Å². The number of phenolic OH excluding ortho intramolecular Hbond substituents is 1. The summed E-state index contributed by atoms with van der Waals surface area (Å²) in [6.45, 7) is 0.422. The van der Waals surface area contributed by atoms with Crippen LogP contribution in [0.1, 0.15) is 10.4 Å². The minimum atomic E-state index is -0.888. The maximum atomic E-state index is 11.8. The Balaban J connectivity index is 2.06. The van der Waals surface area contributed by atoms with Crippen molar-refractivity contribution in [2.75, 3.05) is 13.1 Å². The Kier molecular flexibility index (Phi) is 2.52. The zero-order valence-electron chi connectivity index (χ0n) is 8.46. The molecule has 0 atom stereocenters. The molecule has 5 nitrogen and oxygen atoms in total. The molecule has 0 unspecified atom stereocenters. The van der Waals surface area contributed by atoms with Crippen LogP contribution >= 0.6 is 0 Å². The Labute approximate surface area is 91.9 Å². The molecule has 1 aromatic carbocycles. The van der Waals surface area contributed by atoms with Gasteiger partial charge in [0.05, 0.1) is 11.5 Å². The summed E-state index contributed by atoms with van der Waals surface area (Å²) in [5.41, 5.74) is 0.214. The van der Waals surface area contributed by atoms with Crippen molar-refractivity contribution < 1.29 is 19.8 Å². The molecule has 2 rings (SSSR count). The second-order valence-electron chi connectivity index (χ2n) is 3.76. The summed E-state index contributed by atoms with van der Waals surface area (Å²) >= 11 is 0. The minimum Gasteiger partial charge on any atom is -0.507 e. The quantitative estimate of drug-likeness (QED) is 0.764. The van der Waals surface area contributed by atoms with Crippen LogP contribution in [0.3, 0.4) is 0 Å². The fourth-order valence-corrected chi connectivity index (χ4v) is 1.63. The first-order chi connectivity index (χ1) is 7.59. The summed E-state index contributed by atoms with van der Waals surface area (Å²) in [7, 11) is 0. The summed E-state index contributed by atoms with van der Waals surface area (Å²) < 4.78 is 0.